The molecule has 0 heteroatoms. The van der Waals surface area contributed by atoms with Crippen molar-refractivity contribution in [1.29, 1.82) is 0 Å². The highest BCUT2D eigenvalue weighted by Crippen LogP contribution is 2.11. The molecule has 0 amide bonds. The Hall–Kier alpha value is -1.30. The van der Waals surface area contributed by atoms with Crippen molar-refractivity contribution in [3.05, 3.63) is 48.5 Å². The molecular formula is C10H8. The molecule has 0 bridgehead atoms. The summed E-state index contributed by atoms with van der Waals surface area (Å²) in [5.74, 6) is 0. The second-order valence-corrected chi connectivity index (χ2v) is 2.20. The zero-order valence-electron chi connectivity index (χ0n) is 7.46. The first kappa shape index (κ1) is 3.77. The molecule has 2 rings (SSSR count). The fourth-order valence-electron chi connectivity index (χ4n) is 1.01. The molecule has 0 heterocycles. The standard InChI is InChI=1S/C10H8/c1-2-6-10-8-4-3-7-9(10)5-1/h1-8H/i1D,3D. The fraction of sp³-hybridized carbons (Fsp3) is 0. The topological polar surface area (TPSA) is 0 Å². The van der Waals surface area contributed by atoms with Crippen LogP contribution in [0.2, 0.25) is 0 Å². The van der Waals surface area contributed by atoms with Crippen LogP contribution >= 0.6 is 0 Å². The molecule has 0 nitrogen and oxygen atoms in total. The largest absolute Gasteiger partial charge is 0.0623 e. The van der Waals surface area contributed by atoms with E-state index in [0.717, 1.165) is 10.8 Å². The lowest BCUT2D eigenvalue weighted by atomic mass is 10.1. The molecule has 2 aromatic rings. The minimum Gasteiger partial charge on any atom is -0.0616 e. The monoisotopic (exact) mass is 130 g/mol. The number of benzene rings is 2. The van der Waals surface area contributed by atoms with Gasteiger partial charge in [-0.25, -0.2) is 0 Å². The summed E-state index contributed by atoms with van der Waals surface area (Å²) >= 11 is 0. The zero-order valence-corrected chi connectivity index (χ0v) is 5.46. The molecule has 0 spiro atoms. The van der Waals surface area contributed by atoms with Crippen molar-refractivity contribution in [2.24, 2.45) is 0 Å². The van der Waals surface area contributed by atoms with Crippen molar-refractivity contribution in [2.75, 3.05) is 0 Å². The predicted molar refractivity (Wildman–Crippen MR) is 43.9 cm³/mol. The average Bonchev–Trinajstić information content (AvgIpc) is 2.03. The normalized spacial score (nSPS) is 12.8. The molecule has 0 radical (unpaired) electrons. The van der Waals surface area contributed by atoms with Crippen LogP contribution < -0.4 is 0 Å². The molecule has 0 atom stereocenters. The quantitative estimate of drug-likeness (QED) is 0.514. The maximum Gasteiger partial charge on any atom is 0.0623 e. The molecule has 10 heavy (non-hydrogen) atoms. The second-order valence-electron chi connectivity index (χ2n) is 2.20. The van der Waals surface area contributed by atoms with Gasteiger partial charge in [-0.3, -0.25) is 0 Å². The van der Waals surface area contributed by atoms with Crippen molar-refractivity contribution in [2.45, 2.75) is 0 Å². The van der Waals surface area contributed by atoms with Gasteiger partial charge in [0.2, 0.25) is 0 Å². The first-order valence-corrected chi connectivity index (χ1v) is 3.23. The summed E-state index contributed by atoms with van der Waals surface area (Å²) in [5.41, 5.74) is 0. The molecule has 0 aliphatic carbocycles. The van der Waals surface area contributed by atoms with Crippen molar-refractivity contribution >= 4 is 10.8 Å². The summed E-state index contributed by atoms with van der Waals surface area (Å²) in [6.07, 6.45) is 0. The molecule has 0 aromatic heterocycles. The van der Waals surface area contributed by atoms with E-state index in [1.165, 1.54) is 0 Å². The Labute approximate surface area is 62.9 Å². The van der Waals surface area contributed by atoms with Crippen LogP contribution in [-0.4, -0.2) is 0 Å². The molecule has 48 valence electrons. The van der Waals surface area contributed by atoms with Crippen LogP contribution in [0.1, 0.15) is 2.74 Å². The van der Waals surface area contributed by atoms with Gasteiger partial charge in [0, 0.05) is 0 Å². The zero-order chi connectivity index (χ0) is 8.55. The van der Waals surface area contributed by atoms with Gasteiger partial charge < -0.3 is 0 Å². The summed E-state index contributed by atoms with van der Waals surface area (Å²) in [7, 11) is 0. The van der Waals surface area contributed by atoms with Gasteiger partial charge in [0.1, 0.15) is 0 Å². The Kier molecular flexibility index (Phi) is 0.808. The highest BCUT2D eigenvalue weighted by atomic mass is 13.9. The fourth-order valence-corrected chi connectivity index (χ4v) is 1.01. The second kappa shape index (κ2) is 2.14. The molecule has 0 saturated carbocycles. The Morgan fingerprint density at radius 3 is 1.90 bits per heavy atom. The number of hydrogen-bond acceptors (Lipinski definition) is 0. The third-order valence-corrected chi connectivity index (χ3v) is 1.53. The van der Waals surface area contributed by atoms with Gasteiger partial charge in [-0.05, 0) is 10.8 Å². The van der Waals surface area contributed by atoms with Gasteiger partial charge in [-0.1, -0.05) is 48.5 Å². The third kappa shape index (κ3) is 0.781. The lowest BCUT2D eigenvalue weighted by molar-refractivity contribution is 1.75. The maximum absolute atomic E-state index is 7.39. The summed E-state index contributed by atoms with van der Waals surface area (Å²) in [6.45, 7) is 0. The van der Waals surface area contributed by atoms with Crippen LogP contribution in [0.5, 0.6) is 0 Å². The van der Waals surface area contributed by atoms with Gasteiger partial charge in [0.05, 0.1) is 2.74 Å². The predicted octanol–water partition coefficient (Wildman–Crippen LogP) is 2.84. The van der Waals surface area contributed by atoms with E-state index in [1.807, 2.05) is 12.1 Å². The van der Waals surface area contributed by atoms with Crippen LogP contribution in [-0.2, 0) is 0 Å². The highest BCUT2D eigenvalue weighted by molar-refractivity contribution is 5.81. The Bertz CT molecular complexity index is 384. The highest BCUT2D eigenvalue weighted by Gasteiger charge is 1.85. The van der Waals surface area contributed by atoms with E-state index in [-0.39, 0.29) is 0 Å². The van der Waals surface area contributed by atoms with E-state index in [2.05, 4.69) is 0 Å². The minimum atomic E-state index is 0.494. The van der Waals surface area contributed by atoms with E-state index in [4.69, 9.17) is 2.74 Å². The summed E-state index contributed by atoms with van der Waals surface area (Å²) in [5, 5.41) is 2.05. The Morgan fingerprint density at radius 2 is 1.30 bits per heavy atom. The van der Waals surface area contributed by atoms with Gasteiger partial charge in [0.15, 0.2) is 0 Å². The van der Waals surface area contributed by atoms with Crippen LogP contribution in [0.4, 0.5) is 0 Å². The van der Waals surface area contributed by atoms with Crippen LogP contribution in [0.15, 0.2) is 48.5 Å². The first-order valence-electron chi connectivity index (χ1n) is 4.23. The summed E-state index contributed by atoms with van der Waals surface area (Å²) in [4.78, 5) is 0. The van der Waals surface area contributed by atoms with E-state index in [0.29, 0.717) is 12.1 Å². The van der Waals surface area contributed by atoms with Crippen molar-refractivity contribution in [3.8, 4) is 0 Å². The molecular weight excluding hydrogens is 120 g/mol. The molecule has 0 aliphatic rings. The van der Waals surface area contributed by atoms with E-state index < -0.39 is 0 Å². The van der Waals surface area contributed by atoms with Gasteiger partial charge in [-0.15, -0.1) is 0 Å². The number of fused-ring (bicyclic) bond motifs is 1. The minimum absolute atomic E-state index is 0.494. The average molecular weight is 130 g/mol. The van der Waals surface area contributed by atoms with Crippen LogP contribution in [0.3, 0.4) is 0 Å². The van der Waals surface area contributed by atoms with E-state index in [9.17, 15) is 0 Å². The third-order valence-electron chi connectivity index (χ3n) is 1.53. The number of rotatable bonds is 0. The molecule has 0 saturated heterocycles. The van der Waals surface area contributed by atoms with Crippen molar-refractivity contribution in [3.63, 3.8) is 0 Å². The van der Waals surface area contributed by atoms with E-state index >= 15 is 0 Å². The van der Waals surface area contributed by atoms with Gasteiger partial charge in [-0.2, -0.15) is 0 Å². The van der Waals surface area contributed by atoms with E-state index in [1.54, 1.807) is 24.3 Å². The van der Waals surface area contributed by atoms with Gasteiger partial charge in [0.25, 0.3) is 0 Å². The lowest BCUT2D eigenvalue weighted by Gasteiger charge is -1.92. The molecule has 0 aliphatic heterocycles. The Balaban J connectivity index is 2.80. The smallest absolute Gasteiger partial charge is 0.0616 e. The van der Waals surface area contributed by atoms with Crippen LogP contribution in [0.25, 0.3) is 10.8 Å². The van der Waals surface area contributed by atoms with Gasteiger partial charge >= 0.3 is 0 Å². The SMILES string of the molecule is [2H]c1ccc2ccc([2H])cc2c1. The first-order chi connectivity index (χ1) is 5.75. The molecule has 0 fully saturated rings. The number of hydrogen-bond donors (Lipinski definition) is 0. The lowest BCUT2D eigenvalue weighted by Crippen LogP contribution is -1.67. The van der Waals surface area contributed by atoms with Crippen molar-refractivity contribution in [1.82, 2.24) is 0 Å². The molecule has 2 aromatic carbocycles. The van der Waals surface area contributed by atoms with Crippen LogP contribution in [0, 0.1) is 0 Å². The summed E-state index contributed by atoms with van der Waals surface area (Å²) < 4.78 is 14.8. The maximum atomic E-state index is 7.39. The van der Waals surface area contributed by atoms with Crippen molar-refractivity contribution < 1.29 is 2.74 Å². The molecule has 0 unspecified atom stereocenters. The molecule has 0 N–H and O–H groups in total. The summed E-state index contributed by atoms with van der Waals surface area (Å²) in [6, 6.07) is 11.8. The Morgan fingerprint density at radius 1 is 0.800 bits per heavy atom.